The maximum Gasteiger partial charge on any atom is 0.306 e. The average molecular weight is 309 g/mol. The number of hydrogen-bond donors (Lipinski definition) is 0. The molecule has 1 rings (SSSR count). The Labute approximate surface area is 137 Å². The van der Waals surface area contributed by atoms with Crippen molar-refractivity contribution in [3.63, 3.8) is 0 Å². The van der Waals surface area contributed by atoms with Crippen molar-refractivity contribution in [1.82, 2.24) is 0 Å². The minimum absolute atomic E-state index is 0.00822. The molecule has 22 heavy (non-hydrogen) atoms. The van der Waals surface area contributed by atoms with E-state index in [9.17, 15) is 4.79 Å². The third-order valence-corrected chi connectivity index (χ3v) is 4.49. The van der Waals surface area contributed by atoms with Crippen LogP contribution < -0.4 is 0 Å². The summed E-state index contributed by atoms with van der Waals surface area (Å²) in [5.74, 6) is 0.00822. The van der Waals surface area contributed by atoms with Gasteiger partial charge in [-0.05, 0) is 51.4 Å². The van der Waals surface area contributed by atoms with E-state index in [1.807, 2.05) is 0 Å². The molecule has 1 saturated heterocycles. The van der Waals surface area contributed by atoms with Gasteiger partial charge in [0.25, 0.3) is 0 Å². The molecule has 1 atom stereocenters. The van der Waals surface area contributed by atoms with Crippen LogP contribution in [0.5, 0.6) is 0 Å². The molecule has 1 aliphatic heterocycles. The Balaban J connectivity index is 1.80. The standard InChI is InChI=1S/C20H36O2/c1-2-3-4-5-6-7-8-9-10-11-12-13-14-16-19-17-15-18-20(21)22-19/h9-10,19H,2-8,11-18H2,1H3/b10-9-. The van der Waals surface area contributed by atoms with Crippen molar-refractivity contribution < 1.29 is 9.53 Å². The van der Waals surface area contributed by atoms with Gasteiger partial charge in [-0.2, -0.15) is 0 Å². The summed E-state index contributed by atoms with van der Waals surface area (Å²) in [6, 6.07) is 0. The van der Waals surface area contributed by atoms with Crippen LogP contribution >= 0.6 is 0 Å². The number of unbranched alkanes of at least 4 members (excludes halogenated alkanes) is 9. The number of carbonyl (C=O) groups excluding carboxylic acids is 1. The molecule has 1 fully saturated rings. The van der Waals surface area contributed by atoms with E-state index in [4.69, 9.17) is 4.74 Å². The first-order valence-corrected chi connectivity index (χ1v) is 9.67. The molecule has 0 radical (unpaired) electrons. The Morgan fingerprint density at radius 2 is 1.59 bits per heavy atom. The molecule has 0 bridgehead atoms. The number of ether oxygens (including phenoxy) is 1. The Morgan fingerprint density at radius 1 is 0.955 bits per heavy atom. The quantitative estimate of drug-likeness (QED) is 0.225. The minimum atomic E-state index is 0.00822. The lowest BCUT2D eigenvalue weighted by atomic mass is 10.0. The van der Waals surface area contributed by atoms with Crippen LogP contribution in [0.4, 0.5) is 0 Å². The first-order chi connectivity index (χ1) is 10.8. The van der Waals surface area contributed by atoms with Crippen LogP contribution in [0.25, 0.3) is 0 Å². The molecule has 0 amide bonds. The number of hydrogen-bond acceptors (Lipinski definition) is 2. The van der Waals surface area contributed by atoms with Crippen molar-refractivity contribution in [2.75, 3.05) is 0 Å². The third-order valence-electron chi connectivity index (χ3n) is 4.49. The average Bonchev–Trinajstić information content (AvgIpc) is 2.52. The zero-order valence-corrected chi connectivity index (χ0v) is 14.7. The number of cyclic esters (lactones) is 1. The third kappa shape index (κ3) is 10.9. The zero-order chi connectivity index (χ0) is 15.9. The lowest BCUT2D eigenvalue weighted by Gasteiger charge is -2.21. The van der Waals surface area contributed by atoms with E-state index in [1.54, 1.807) is 0 Å². The lowest BCUT2D eigenvalue weighted by molar-refractivity contribution is -0.154. The fourth-order valence-electron chi connectivity index (χ4n) is 3.07. The fourth-order valence-corrected chi connectivity index (χ4v) is 3.07. The monoisotopic (exact) mass is 308 g/mol. The smallest absolute Gasteiger partial charge is 0.306 e. The molecule has 0 aliphatic carbocycles. The molecule has 128 valence electrons. The SMILES string of the molecule is CCCCCCCC/C=C\CCCCCC1CCCC(=O)O1. The topological polar surface area (TPSA) is 26.3 Å². The summed E-state index contributed by atoms with van der Waals surface area (Å²) >= 11 is 0. The first kappa shape index (κ1) is 19.3. The highest BCUT2D eigenvalue weighted by molar-refractivity contribution is 5.70. The van der Waals surface area contributed by atoms with E-state index in [0.29, 0.717) is 6.42 Å². The molecule has 0 aromatic carbocycles. The molecule has 0 aromatic rings. The van der Waals surface area contributed by atoms with Crippen molar-refractivity contribution in [3.8, 4) is 0 Å². The van der Waals surface area contributed by atoms with Crippen LogP contribution in [-0.4, -0.2) is 12.1 Å². The molecular weight excluding hydrogens is 272 g/mol. The molecule has 0 spiro atoms. The van der Waals surface area contributed by atoms with E-state index in [0.717, 1.165) is 19.3 Å². The largest absolute Gasteiger partial charge is 0.462 e. The van der Waals surface area contributed by atoms with Crippen LogP contribution in [0.2, 0.25) is 0 Å². The second-order valence-electron chi connectivity index (χ2n) is 6.67. The number of carbonyl (C=O) groups is 1. The Kier molecular flexibility index (Phi) is 12.1. The van der Waals surface area contributed by atoms with E-state index in [1.165, 1.54) is 70.6 Å². The van der Waals surface area contributed by atoms with Crippen LogP contribution in [0, 0.1) is 0 Å². The number of rotatable bonds is 13. The van der Waals surface area contributed by atoms with Crippen molar-refractivity contribution >= 4 is 5.97 Å². The van der Waals surface area contributed by atoms with Gasteiger partial charge in [-0.25, -0.2) is 0 Å². The van der Waals surface area contributed by atoms with Crippen LogP contribution in [0.15, 0.2) is 12.2 Å². The van der Waals surface area contributed by atoms with Gasteiger partial charge in [0.05, 0.1) is 0 Å². The fraction of sp³-hybridized carbons (Fsp3) is 0.850. The van der Waals surface area contributed by atoms with Gasteiger partial charge in [0.2, 0.25) is 0 Å². The summed E-state index contributed by atoms with van der Waals surface area (Å²) in [5, 5.41) is 0. The minimum Gasteiger partial charge on any atom is -0.462 e. The molecular formula is C20H36O2. The summed E-state index contributed by atoms with van der Waals surface area (Å²) < 4.78 is 5.34. The van der Waals surface area contributed by atoms with E-state index >= 15 is 0 Å². The summed E-state index contributed by atoms with van der Waals surface area (Å²) in [7, 11) is 0. The van der Waals surface area contributed by atoms with Gasteiger partial charge in [0.1, 0.15) is 6.10 Å². The first-order valence-electron chi connectivity index (χ1n) is 9.67. The highest BCUT2D eigenvalue weighted by Gasteiger charge is 2.19. The van der Waals surface area contributed by atoms with E-state index in [2.05, 4.69) is 19.1 Å². The highest BCUT2D eigenvalue weighted by Crippen LogP contribution is 2.19. The molecule has 0 aromatic heterocycles. The Morgan fingerprint density at radius 3 is 2.27 bits per heavy atom. The highest BCUT2D eigenvalue weighted by atomic mass is 16.5. The maximum absolute atomic E-state index is 11.2. The van der Waals surface area contributed by atoms with E-state index in [-0.39, 0.29) is 12.1 Å². The summed E-state index contributed by atoms with van der Waals surface area (Å²) in [6.45, 7) is 2.27. The molecule has 2 heteroatoms. The summed E-state index contributed by atoms with van der Waals surface area (Å²) in [6.07, 6.45) is 23.2. The molecule has 2 nitrogen and oxygen atoms in total. The molecule has 1 aliphatic rings. The second-order valence-corrected chi connectivity index (χ2v) is 6.67. The van der Waals surface area contributed by atoms with Gasteiger partial charge in [-0.1, -0.05) is 57.6 Å². The Bertz CT molecular complexity index is 296. The molecule has 0 N–H and O–H groups in total. The number of esters is 1. The van der Waals surface area contributed by atoms with Gasteiger partial charge in [-0.15, -0.1) is 0 Å². The predicted molar refractivity (Wildman–Crippen MR) is 93.9 cm³/mol. The van der Waals surface area contributed by atoms with Gasteiger partial charge < -0.3 is 4.74 Å². The van der Waals surface area contributed by atoms with Crippen molar-refractivity contribution in [2.45, 2.75) is 109 Å². The summed E-state index contributed by atoms with van der Waals surface area (Å²) in [4.78, 5) is 11.2. The molecule has 0 saturated carbocycles. The van der Waals surface area contributed by atoms with Gasteiger partial charge in [-0.3, -0.25) is 4.79 Å². The van der Waals surface area contributed by atoms with Crippen LogP contribution in [0.3, 0.4) is 0 Å². The maximum atomic E-state index is 11.2. The van der Waals surface area contributed by atoms with Crippen molar-refractivity contribution in [3.05, 3.63) is 12.2 Å². The van der Waals surface area contributed by atoms with Crippen molar-refractivity contribution in [2.24, 2.45) is 0 Å². The number of allylic oxidation sites excluding steroid dienone is 2. The molecule has 1 heterocycles. The van der Waals surface area contributed by atoms with Crippen molar-refractivity contribution in [1.29, 1.82) is 0 Å². The van der Waals surface area contributed by atoms with Gasteiger partial charge in [0, 0.05) is 6.42 Å². The van der Waals surface area contributed by atoms with E-state index < -0.39 is 0 Å². The zero-order valence-electron chi connectivity index (χ0n) is 14.7. The van der Waals surface area contributed by atoms with Gasteiger partial charge >= 0.3 is 5.97 Å². The van der Waals surface area contributed by atoms with Crippen LogP contribution in [-0.2, 0) is 9.53 Å². The molecule has 1 unspecified atom stereocenters. The Hall–Kier alpha value is -0.790. The second kappa shape index (κ2) is 13.8. The van der Waals surface area contributed by atoms with Crippen LogP contribution in [0.1, 0.15) is 103 Å². The van der Waals surface area contributed by atoms with Gasteiger partial charge in [0.15, 0.2) is 0 Å². The summed E-state index contributed by atoms with van der Waals surface area (Å²) in [5.41, 5.74) is 0. The predicted octanol–water partition coefficient (Wildman–Crippen LogP) is 6.34. The lowest BCUT2D eigenvalue weighted by Crippen LogP contribution is -2.23. The normalized spacial score (nSPS) is 18.8.